The average Bonchev–Trinajstić information content (AvgIpc) is 2.56. The molecule has 0 unspecified atom stereocenters. The van der Waals surface area contributed by atoms with Crippen LogP contribution in [-0.2, 0) is 4.79 Å². The first-order chi connectivity index (χ1) is 7.47. The molecule has 1 heterocycles. The lowest BCUT2D eigenvalue weighted by Crippen LogP contribution is -2.59. The second-order valence-corrected chi connectivity index (χ2v) is 4.35. The molecule has 0 aromatic carbocycles. The molecule has 1 aliphatic rings. The van der Waals surface area contributed by atoms with E-state index < -0.39 is 18.8 Å². The summed E-state index contributed by atoms with van der Waals surface area (Å²) in [6.07, 6.45) is 3.21. The molecule has 0 saturated carbocycles. The Morgan fingerprint density at radius 2 is 2.19 bits per heavy atom. The zero-order chi connectivity index (χ0) is 12.2. The minimum Gasteiger partial charge on any atom is -0.479 e. The van der Waals surface area contributed by atoms with Crippen LogP contribution in [0.3, 0.4) is 0 Å². The van der Waals surface area contributed by atoms with Gasteiger partial charge in [0.25, 0.3) is 0 Å². The highest BCUT2D eigenvalue weighted by Crippen LogP contribution is 2.27. The quantitative estimate of drug-likeness (QED) is 0.294. The van der Waals surface area contributed by atoms with Crippen molar-refractivity contribution in [3.8, 4) is 0 Å². The van der Waals surface area contributed by atoms with Crippen molar-refractivity contribution in [1.29, 1.82) is 0 Å². The van der Waals surface area contributed by atoms with Gasteiger partial charge in [-0.2, -0.15) is 0 Å². The highest BCUT2D eigenvalue weighted by Gasteiger charge is 2.45. The van der Waals surface area contributed by atoms with Gasteiger partial charge in [0.2, 0.25) is 0 Å². The van der Waals surface area contributed by atoms with Crippen LogP contribution >= 0.6 is 0 Å². The first-order valence-electron chi connectivity index (χ1n) is 5.60. The Morgan fingerprint density at radius 3 is 2.75 bits per heavy atom. The lowest BCUT2D eigenvalue weighted by atomic mass is 9.81. The second-order valence-electron chi connectivity index (χ2n) is 4.35. The summed E-state index contributed by atoms with van der Waals surface area (Å²) in [7, 11) is -1.27. The Labute approximate surface area is 95.0 Å². The van der Waals surface area contributed by atoms with Gasteiger partial charge in [-0.15, -0.1) is 0 Å². The Morgan fingerprint density at radius 1 is 1.50 bits per heavy atom. The SMILES string of the molecule is N[C@]1(C(=O)O)NCC[C@H]1CCCCB(O)O. The molecule has 0 aliphatic carbocycles. The van der Waals surface area contributed by atoms with E-state index in [1.54, 1.807) is 0 Å². The van der Waals surface area contributed by atoms with Crippen LogP contribution < -0.4 is 11.1 Å². The van der Waals surface area contributed by atoms with Crippen molar-refractivity contribution in [2.75, 3.05) is 6.54 Å². The summed E-state index contributed by atoms with van der Waals surface area (Å²) >= 11 is 0. The van der Waals surface area contributed by atoms with Crippen LogP contribution in [0, 0.1) is 5.92 Å². The lowest BCUT2D eigenvalue weighted by Gasteiger charge is -2.26. The summed E-state index contributed by atoms with van der Waals surface area (Å²) in [6, 6.07) is 0. The largest absolute Gasteiger partial charge is 0.479 e. The number of hydrogen-bond acceptors (Lipinski definition) is 5. The zero-order valence-electron chi connectivity index (χ0n) is 9.22. The minimum atomic E-state index is -1.31. The van der Waals surface area contributed by atoms with Crippen molar-refractivity contribution in [1.82, 2.24) is 5.32 Å². The normalized spacial score (nSPS) is 29.3. The average molecular weight is 230 g/mol. The third kappa shape index (κ3) is 3.18. The van der Waals surface area contributed by atoms with Crippen molar-refractivity contribution < 1.29 is 19.9 Å². The van der Waals surface area contributed by atoms with Gasteiger partial charge in [0.15, 0.2) is 5.66 Å². The van der Waals surface area contributed by atoms with E-state index in [-0.39, 0.29) is 5.92 Å². The van der Waals surface area contributed by atoms with Crippen LogP contribution in [0.5, 0.6) is 0 Å². The number of unbranched alkanes of at least 4 members (excludes halogenated alkanes) is 1. The third-order valence-electron chi connectivity index (χ3n) is 3.17. The van der Waals surface area contributed by atoms with Gasteiger partial charge in [0, 0.05) is 5.92 Å². The van der Waals surface area contributed by atoms with Crippen molar-refractivity contribution in [3.63, 3.8) is 0 Å². The smallest absolute Gasteiger partial charge is 0.451 e. The molecule has 1 aliphatic heterocycles. The molecule has 1 fully saturated rings. The van der Waals surface area contributed by atoms with E-state index >= 15 is 0 Å². The van der Waals surface area contributed by atoms with Crippen molar-refractivity contribution >= 4 is 13.1 Å². The number of aliphatic carboxylic acids is 1. The summed E-state index contributed by atoms with van der Waals surface area (Å²) in [6.45, 7) is 0.621. The monoisotopic (exact) mass is 230 g/mol. The first kappa shape index (κ1) is 13.4. The number of nitrogens with one attached hydrogen (secondary N) is 1. The fourth-order valence-electron chi connectivity index (χ4n) is 2.17. The van der Waals surface area contributed by atoms with Crippen LogP contribution in [0.25, 0.3) is 0 Å². The zero-order valence-corrected chi connectivity index (χ0v) is 9.22. The van der Waals surface area contributed by atoms with Crippen molar-refractivity contribution in [2.24, 2.45) is 11.7 Å². The van der Waals surface area contributed by atoms with E-state index in [1.807, 2.05) is 0 Å². The Kier molecular flexibility index (Phi) is 4.73. The van der Waals surface area contributed by atoms with Gasteiger partial charge >= 0.3 is 13.1 Å². The van der Waals surface area contributed by atoms with Crippen LogP contribution in [0.4, 0.5) is 0 Å². The number of rotatable bonds is 6. The Hall–Kier alpha value is -0.625. The van der Waals surface area contributed by atoms with E-state index in [0.717, 1.165) is 12.8 Å². The molecule has 0 aromatic heterocycles. The van der Waals surface area contributed by atoms with Gasteiger partial charge in [0.05, 0.1) is 0 Å². The molecule has 16 heavy (non-hydrogen) atoms. The topological polar surface area (TPSA) is 116 Å². The number of carbonyl (C=O) groups is 1. The maximum absolute atomic E-state index is 11.0. The van der Waals surface area contributed by atoms with E-state index in [9.17, 15) is 4.79 Å². The molecule has 1 rings (SSSR count). The van der Waals surface area contributed by atoms with Gasteiger partial charge in [-0.05, 0) is 25.7 Å². The summed E-state index contributed by atoms with van der Waals surface area (Å²) in [5.41, 5.74) is 4.47. The molecule has 7 heteroatoms. The fraction of sp³-hybridized carbons (Fsp3) is 0.889. The van der Waals surface area contributed by atoms with Gasteiger partial charge in [-0.3, -0.25) is 5.32 Å². The van der Waals surface area contributed by atoms with Gasteiger partial charge in [0.1, 0.15) is 0 Å². The van der Waals surface area contributed by atoms with Crippen LogP contribution in [0.1, 0.15) is 25.7 Å². The number of carboxylic acid groups (broad SMARTS) is 1. The first-order valence-corrected chi connectivity index (χ1v) is 5.60. The third-order valence-corrected chi connectivity index (χ3v) is 3.17. The van der Waals surface area contributed by atoms with E-state index in [2.05, 4.69) is 5.32 Å². The Bertz CT molecular complexity index is 252. The molecule has 6 N–H and O–H groups in total. The number of carboxylic acids is 1. The van der Waals surface area contributed by atoms with E-state index in [0.29, 0.717) is 25.7 Å². The molecule has 92 valence electrons. The summed E-state index contributed by atoms with van der Waals surface area (Å²) in [4.78, 5) is 11.0. The summed E-state index contributed by atoms with van der Waals surface area (Å²) in [5.74, 6) is -1.10. The second kappa shape index (κ2) is 5.63. The standard InChI is InChI=1S/C9H19BN2O4/c11-9(8(13)14)7(4-6-12-9)3-1-2-5-10(15)16/h7,12,15-16H,1-6,11H2,(H,13,14)/t7-,9+/m1/s1. The van der Waals surface area contributed by atoms with Gasteiger partial charge < -0.3 is 20.9 Å². The molecule has 6 nitrogen and oxygen atoms in total. The maximum Gasteiger partial charge on any atom is 0.451 e. The van der Waals surface area contributed by atoms with Crippen LogP contribution in [0.2, 0.25) is 6.32 Å². The number of nitrogens with two attached hydrogens (primary N) is 1. The molecule has 0 radical (unpaired) electrons. The number of hydrogen-bond donors (Lipinski definition) is 5. The van der Waals surface area contributed by atoms with Gasteiger partial charge in [-0.25, -0.2) is 4.79 Å². The molecule has 2 atom stereocenters. The molecule has 1 saturated heterocycles. The lowest BCUT2D eigenvalue weighted by molar-refractivity contribution is -0.146. The van der Waals surface area contributed by atoms with Crippen molar-refractivity contribution in [3.05, 3.63) is 0 Å². The van der Waals surface area contributed by atoms with Crippen molar-refractivity contribution in [2.45, 2.75) is 37.7 Å². The molecular weight excluding hydrogens is 211 g/mol. The fourth-order valence-corrected chi connectivity index (χ4v) is 2.17. The highest BCUT2D eigenvalue weighted by molar-refractivity contribution is 6.40. The maximum atomic E-state index is 11.0. The van der Waals surface area contributed by atoms with Gasteiger partial charge in [-0.1, -0.05) is 12.8 Å². The van der Waals surface area contributed by atoms with E-state index in [4.69, 9.17) is 20.9 Å². The Balaban J connectivity index is 2.33. The predicted molar refractivity (Wildman–Crippen MR) is 59.5 cm³/mol. The minimum absolute atomic E-state index is 0.0826. The highest BCUT2D eigenvalue weighted by atomic mass is 16.4. The summed E-state index contributed by atoms with van der Waals surface area (Å²) < 4.78 is 0. The van der Waals surface area contributed by atoms with E-state index in [1.165, 1.54) is 0 Å². The molecular formula is C9H19BN2O4. The predicted octanol–water partition coefficient (Wildman–Crippen LogP) is -1.02. The summed E-state index contributed by atoms with van der Waals surface area (Å²) in [5, 5.41) is 29.2. The molecule has 0 bridgehead atoms. The molecule has 0 aromatic rings. The van der Waals surface area contributed by atoms with Crippen LogP contribution in [-0.4, -0.2) is 40.4 Å². The van der Waals surface area contributed by atoms with Crippen LogP contribution in [0.15, 0.2) is 0 Å². The molecule has 0 amide bonds. The molecule has 0 spiro atoms.